The molecule has 1 aromatic carbocycles. The third-order valence-electron chi connectivity index (χ3n) is 3.41. The second kappa shape index (κ2) is 10.3. The van der Waals surface area contributed by atoms with Gasteiger partial charge in [0.1, 0.15) is 5.75 Å². The zero-order valence-electron chi connectivity index (χ0n) is 15.1. The van der Waals surface area contributed by atoms with Gasteiger partial charge < -0.3 is 15.4 Å². The summed E-state index contributed by atoms with van der Waals surface area (Å²) in [6, 6.07) is 7.58. The Bertz CT molecular complexity index is 467. The van der Waals surface area contributed by atoms with Gasteiger partial charge in [-0.3, -0.25) is 4.79 Å². The van der Waals surface area contributed by atoms with Gasteiger partial charge in [-0.15, -0.1) is 0 Å². The smallest absolute Gasteiger partial charge is 0.238 e. The molecule has 0 saturated carbocycles. The first-order valence-electron chi connectivity index (χ1n) is 8.68. The Morgan fingerprint density at radius 1 is 1.13 bits per heavy atom. The maximum Gasteiger partial charge on any atom is 0.238 e. The third kappa shape index (κ3) is 9.95. The predicted molar refractivity (Wildman–Crippen MR) is 97.1 cm³/mol. The van der Waals surface area contributed by atoms with Crippen molar-refractivity contribution in [2.75, 3.05) is 18.5 Å². The van der Waals surface area contributed by atoms with Gasteiger partial charge in [-0.25, -0.2) is 0 Å². The minimum atomic E-state index is -0.0694. The van der Waals surface area contributed by atoms with Gasteiger partial charge in [-0.05, 0) is 39.3 Å². The highest BCUT2D eigenvalue weighted by Crippen LogP contribution is 2.18. The Labute approximate surface area is 141 Å². The zero-order valence-corrected chi connectivity index (χ0v) is 15.1. The van der Waals surface area contributed by atoms with E-state index in [9.17, 15) is 4.79 Å². The van der Waals surface area contributed by atoms with Crippen molar-refractivity contribution < 1.29 is 9.53 Å². The van der Waals surface area contributed by atoms with Crippen molar-refractivity contribution in [3.05, 3.63) is 24.3 Å². The first-order chi connectivity index (χ1) is 10.9. The minimum absolute atomic E-state index is 0.0448. The molecule has 0 spiro atoms. The molecular formula is C19H32N2O2. The molecule has 0 unspecified atom stereocenters. The van der Waals surface area contributed by atoms with E-state index in [2.05, 4.69) is 17.6 Å². The highest BCUT2D eigenvalue weighted by molar-refractivity contribution is 5.92. The Balaban J connectivity index is 2.34. The van der Waals surface area contributed by atoms with E-state index in [0.717, 1.165) is 24.5 Å². The number of ether oxygens (including phenoxy) is 1. The molecule has 0 fully saturated rings. The predicted octanol–water partition coefficient (Wildman–Crippen LogP) is 4.36. The van der Waals surface area contributed by atoms with E-state index in [4.69, 9.17) is 4.74 Å². The molecule has 0 heterocycles. The fraction of sp³-hybridized carbons (Fsp3) is 0.632. The molecule has 0 radical (unpaired) electrons. The van der Waals surface area contributed by atoms with Gasteiger partial charge >= 0.3 is 0 Å². The van der Waals surface area contributed by atoms with E-state index < -0.39 is 0 Å². The molecule has 23 heavy (non-hydrogen) atoms. The van der Waals surface area contributed by atoms with Gasteiger partial charge in [0.25, 0.3) is 0 Å². The number of carbonyl (C=O) groups excluding carboxylic acids is 1. The van der Waals surface area contributed by atoms with Crippen molar-refractivity contribution in [1.82, 2.24) is 5.32 Å². The number of nitrogens with one attached hydrogen (secondary N) is 2. The first-order valence-corrected chi connectivity index (χ1v) is 8.68. The lowest BCUT2D eigenvalue weighted by atomic mass is 10.1. The molecule has 1 amide bonds. The van der Waals surface area contributed by atoms with Crippen LogP contribution in [0.25, 0.3) is 0 Å². The lowest BCUT2D eigenvalue weighted by Crippen LogP contribution is -2.41. The van der Waals surface area contributed by atoms with Crippen molar-refractivity contribution in [1.29, 1.82) is 0 Å². The topological polar surface area (TPSA) is 50.4 Å². The highest BCUT2D eigenvalue weighted by atomic mass is 16.5. The molecule has 1 aromatic rings. The summed E-state index contributed by atoms with van der Waals surface area (Å²) in [6.07, 6.45) is 6.11. The fourth-order valence-electron chi connectivity index (χ4n) is 2.11. The van der Waals surface area contributed by atoms with Gasteiger partial charge in [0.2, 0.25) is 5.91 Å². The zero-order chi connectivity index (χ0) is 17.1. The van der Waals surface area contributed by atoms with E-state index >= 15 is 0 Å². The molecule has 4 heteroatoms. The van der Waals surface area contributed by atoms with E-state index in [0.29, 0.717) is 6.54 Å². The maximum atomic E-state index is 11.9. The van der Waals surface area contributed by atoms with Crippen LogP contribution in [0.3, 0.4) is 0 Å². The summed E-state index contributed by atoms with van der Waals surface area (Å²) >= 11 is 0. The number of anilines is 1. The molecule has 130 valence electrons. The van der Waals surface area contributed by atoms with Gasteiger partial charge in [-0.2, -0.15) is 0 Å². The van der Waals surface area contributed by atoms with Crippen molar-refractivity contribution in [3.63, 3.8) is 0 Å². The number of amides is 1. The minimum Gasteiger partial charge on any atom is -0.494 e. The van der Waals surface area contributed by atoms with E-state index in [1.54, 1.807) is 0 Å². The molecule has 0 bridgehead atoms. The van der Waals surface area contributed by atoms with Crippen LogP contribution in [-0.2, 0) is 4.79 Å². The summed E-state index contributed by atoms with van der Waals surface area (Å²) in [6.45, 7) is 9.35. The van der Waals surface area contributed by atoms with Gasteiger partial charge in [0, 0.05) is 17.3 Å². The number of carbonyl (C=O) groups is 1. The molecule has 0 saturated heterocycles. The van der Waals surface area contributed by atoms with Gasteiger partial charge in [-0.1, -0.05) is 38.7 Å². The monoisotopic (exact) mass is 320 g/mol. The number of hydrogen-bond acceptors (Lipinski definition) is 3. The molecule has 2 N–H and O–H groups in total. The fourth-order valence-corrected chi connectivity index (χ4v) is 2.11. The molecule has 0 aromatic heterocycles. The van der Waals surface area contributed by atoms with Crippen LogP contribution < -0.4 is 15.4 Å². The van der Waals surface area contributed by atoms with Crippen LogP contribution in [0.2, 0.25) is 0 Å². The number of hydrogen-bond donors (Lipinski definition) is 2. The van der Waals surface area contributed by atoms with Crippen molar-refractivity contribution >= 4 is 11.6 Å². The van der Waals surface area contributed by atoms with Crippen LogP contribution in [0.15, 0.2) is 24.3 Å². The second-order valence-electron chi connectivity index (χ2n) is 6.94. The van der Waals surface area contributed by atoms with Gasteiger partial charge in [0.15, 0.2) is 0 Å². The highest BCUT2D eigenvalue weighted by Gasteiger charge is 2.11. The summed E-state index contributed by atoms with van der Waals surface area (Å²) in [4.78, 5) is 11.9. The number of rotatable bonds is 10. The molecule has 4 nitrogen and oxygen atoms in total. The van der Waals surface area contributed by atoms with Crippen molar-refractivity contribution in [2.45, 2.75) is 65.3 Å². The summed E-state index contributed by atoms with van der Waals surface area (Å²) in [5.41, 5.74) is 0.703. The van der Waals surface area contributed by atoms with Crippen LogP contribution in [0.1, 0.15) is 59.8 Å². The Morgan fingerprint density at radius 2 is 1.87 bits per heavy atom. The average molecular weight is 320 g/mol. The van der Waals surface area contributed by atoms with E-state index in [1.165, 1.54) is 25.7 Å². The molecule has 0 aliphatic rings. The first kappa shape index (κ1) is 19.5. The quantitative estimate of drug-likeness (QED) is 0.630. The molecule has 1 rings (SSSR count). The number of benzene rings is 1. The van der Waals surface area contributed by atoms with Gasteiger partial charge in [0.05, 0.1) is 13.2 Å². The molecule has 0 aliphatic carbocycles. The van der Waals surface area contributed by atoms with E-state index in [-0.39, 0.29) is 11.4 Å². The second-order valence-corrected chi connectivity index (χ2v) is 6.94. The Morgan fingerprint density at radius 3 is 2.57 bits per heavy atom. The van der Waals surface area contributed by atoms with Crippen molar-refractivity contribution in [3.8, 4) is 5.75 Å². The van der Waals surface area contributed by atoms with Crippen molar-refractivity contribution in [2.24, 2.45) is 0 Å². The van der Waals surface area contributed by atoms with Crippen LogP contribution in [-0.4, -0.2) is 24.6 Å². The Kier molecular flexibility index (Phi) is 8.70. The SMILES string of the molecule is CCCCCCCOc1cccc(NC(=O)CNC(C)(C)C)c1. The standard InChI is InChI=1S/C19H32N2O2/c1-5-6-7-8-9-13-23-17-12-10-11-16(14-17)21-18(22)15-20-19(2,3)4/h10-12,14,20H,5-9,13,15H2,1-4H3,(H,21,22). The van der Waals surface area contributed by atoms with Crippen LogP contribution >= 0.6 is 0 Å². The third-order valence-corrected chi connectivity index (χ3v) is 3.41. The summed E-state index contributed by atoms with van der Waals surface area (Å²) in [7, 11) is 0. The van der Waals surface area contributed by atoms with Crippen LogP contribution in [0, 0.1) is 0 Å². The summed E-state index contributed by atoms with van der Waals surface area (Å²) in [5, 5.41) is 6.06. The molecule has 0 atom stereocenters. The Hall–Kier alpha value is -1.55. The maximum absolute atomic E-state index is 11.9. The average Bonchev–Trinajstić information content (AvgIpc) is 2.48. The lowest BCUT2D eigenvalue weighted by molar-refractivity contribution is -0.115. The molecular weight excluding hydrogens is 288 g/mol. The van der Waals surface area contributed by atoms with Crippen LogP contribution in [0.5, 0.6) is 5.75 Å². The normalized spacial score (nSPS) is 11.3. The summed E-state index contributed by atoms with van der Waals surface area (Å²) < 4.78 is 5.76. The van der Waals surface area contributed by atoms with E-state index in [1.807, 2.05) is 45.0 Å². The number of unbranched alkanes of at least 4 members (excludes halogenated alkanes) is 4. The summed E-state index contributed by atoms with van der Waals surface area (Å²) in [5.74, 6) is 0.763. The lowest BCUT2D eigenvalue weighted by Gasteiger charge is -2.20. The molecule has 0 aliphatic heterocycles. The van der Waals surface area contributed by atoms with Crippen LogP contribution in [0.4, 0.5) is 5.69 Å². The largest absolute Gasteiger partial charge is 0.494 e.